The summed E-state index contributed by atoms with van der Waals surface area (Å²) in [6, 6.07) is 21.7. The molecule has 168 valence electrons. The van der Waals surface area contributed by atoms with E-state index in [2.05, 4.69) is 5.32 Å². The number of benzene rings is 3. The van der Waals surface area contributed by atoms with E-state index in [-0.39, 0.29) is 17.7 Å². The predicted octanol–water partition coefficient (Wildman–Crippen LogP) is 5.19. The summed E-state index contributed by atoms with van der Waals surface area (Å²) in [4.78, 5) is 28.2. The standard InChI is InChI=1S/C27H26N2O4/c1-17(2)33-23-15-9-20(10-16-23)28-25-24(19-7-13-22(32-4)14-8-19)26(30)29(27(25)31)21-11-5-18(3)6-12-21/h5-17,28H,1-4H3. The van der Waals surface area contributed by atoms with Crippen molar-refractivity contribution in [2.24, 2.45) is 0 Å². The number of hydrogen-bond acceptors (Lipinski definition) is 5. The van der Waals surface area contributed by atoms with Gasteiger partial charge in [-0.25, -0.2) is 4.90 Å². The molecule has 1 aliphatic rings. The van der Waals surface area contributed by atoms with Gasteiger partial charge in [-0.2, -0.15) is 0 Å². The van der Waals surface area contributed by atoms with Crippen molar-refractivity contribution in [1.82, 2.24) is 0 Å². The summed E-state index contributed by atoms with van der Waals surface area (Å²) in [6.07, 6.45) is 0.0605. The summed E-state index contributed by atoms with van der Waals surface area (Å²) in [5.74, 6) is 0.616. The van der Waals surface area contributed by atoms with Crippen LogP contribution in [0.5, 0.6) is 11.5 Å². The highest BCUT2D eigenvalue weighted by Gasteiger charge is 2.40. The van der Waals surface area contributed by atoms with Crippen molar-refractivity contribution in [1.29, 1.82) is 0 Å². The SMILES string of the molecule is COc1ccc(C2=C(Nc3ccc(OC(C)C)cc3)C(=O)N(c3ccc(C)cc3)C2=O)cc1. The van der Waals surface area contributed by atoms with Crippen molar-refractivity contribution >= 4 is 28.8 Å². The molecule has 0 aliphatic carbocycles. The Kier molecular flexibility index (Phi) is 6.18. The molecule has 0 saturated carbocycles. The third-order valence-corrected chi connectivity index (χ3v) is 5.25. The fourth-order valence-corrected chi connectivity index (χ4v) is 3.63. The molecule has 0 saturated heterocycles. The monoisotopic (exact) mass is 442 g/mol. The molecule has 0 atom stereocenters. The zero-order valence-corrected chi connectivity index (χ0v) is 19.1. The summed E-state index contributed by atoms with van der Waals surface area (Å²) >= 11 is 0. The Labute approximate surface area is 193 Å². The molecule has 0 unspecified atom stereocenters. The fourth-order valence-electron chi connectivity index (χ4n) is 3.63. The smallest absolute Gasteiger partial charge is 0.282 e. The number of hydrogen-bond donors (Lipinski definition) is 1. The van der Waals surface area contributed by atoms with E-state index in [0.717, 1.165) is 11.3 Å². The first-order chi connectivity index (χ1) is 15.9. The molecule has 0 spiro atoms. The van der Waals surface area contributed by atoms with E-state index < -0.39 is 5.91 Å². The number of carbonyl (C=O) groups is 2. The van der Waals surface area contributed by atoms with Crippen LogP contribution < -0.4 is 19.7 Å². The molecule has 0 fully saturated rings. The summed E-state index contributed by atoms with van der Waals surface area (Å²) in [5, 5.41) is 3.17. The molecule has 1 N–H and O–H groups in total. The number of imide groups is 1. The van der Waals surface area contributed by atoms with Gasteiger partial charge in [-0.05, 0) is 74.9 Å². The van der Waals surface area contributed by atoms with Crippen LogP contribution in [0.4, 0.5) is 11.4 Å². The van der Waals surface area contributed by atoms with Crippen molar-refractivity contribution in [2.75, 3.05) is 17.3 Å². The number of amides is 2. The topological polar surface area (TPSA) is 67.9 Å². The van der Waals surface area contributed by atoms with E-state index in [4.69, 9.17) is 9.47 Å². The molecule has 0 aromatic heterocycles. The Balaban J connectivity index is 1.73. The molecular weight excluding hydrogens is 416 g/mol. The molecule has 2 amide bonds. The Morgan fingerprint density at radius 2 is 1.39 bits per heavy atom. The van der Waals surface area contributed by atoms with Crippen molar-refractivity contribution in [3.63, 3.8) is 0 Å². The van der Waals surface area contributed by atoms with Crippen molar-refractivity contribution in [3.05, 3.63) is 89.6 Å². The van der Waals surface area contributed by atoms with Gasteiger partial charge < -0.3 is 14.8 Å². The van der Waals surface area contributed by atoms with Crippen LogP contribution in [-0.4, -0.2) is 25.0 Å². The van der Waals surface area contributed by atoms with Crippen molar-refractivity contribution in [2.45, 2.75) is 26.9 Å². The molecule has 33 heavy (non-hydrogen) atoms. The summed E-state index contributed by atoms with van der Waals surface area (Å²) in [6.45, 7) is 5.87. The van der Waals surface area contributed by atoms with E-state index in [1.54, 1.807) is 43.5 Å². The number of ether oxygens (including phenoxy) is 2. The number of anilines is 2. The van der Waals surface area contributed by atoms with Crippen LogP contribution in [0.2, 0.25) is 0 Å². The normalized spacial score (nSPS) is 13.7. The first-order valence-corrected chi connectivity index (χ1v) is 10.8. The van der Waals surface area contributed by atoms with E-state index in [0.29, 0.717) is 28.3 Å². The largest absolute Gasteiger partial charge is 0.497 e. The number of nitrogens with one attached hydrogen (secondary N) is 1. The van der Waals surface area contributed by atoms with E-state index in [1.807, 2.05) is 57.2 Å². The molecule has 0 radical (unpaired) electrons. The van der Waals surface area contributed by atoms with Gasteiger partial charge in [0.15, 0.2) is 0 Å². The number of aryl methyl sites for hydroxylation is 1. The Morgan fingerprint density at radius 1 is 0.788 bits per heavy atom. The second kappa shape index (κ2) is 9.20. The van der Waals surface area contributed by atoms with E-state index >= 15 is 0 Å². The van der Waals surface area contributed by atoms with Crippen LogP contribution >= 0.6 is 0 Å². The maximum absolute atomic E-state index is 13.5. The molecule has 1 heterocycles. The Hall–Kier alpha value is -4.06. The van der Waals surface area contributed by atoms with Gasteiger partial charge in [-0.1, -0.05) is 29.8 Å². The average Bonchev–Trinajstić information content (AvgIpc) is 3.05. The van der Waals surface area contributed by atoms with Gasteiger partial charge in [0.25, 0.3) is 11.8 Å². The van der Waals surface area contributed by atoms with Gasteiger partial charge in [0.05, 0.1) is 24.5 Å². The summed E-state index contributed by atoms with van der Waals surface area (Å²) in [5.41, 5.74) is 3.42. The van der Waals surface area contributed by atoms with Crippen LogP contribution in [0.1, 0.15) is 25.0 Å². The lowest BCUT2D eigenvalue weighted by atomic mass is 10.0. The highest BCUT2D eigenvalue weighted by Crippen LogP contribution is 2.34. The maximum atomic E-state index is 13.5. The second-order valence-electron chi connectivity index (χ2n) is 8.08. The Bertz CT molecular complexity index is 1190. The molecule has 6 nitrogen and oxygen atoms in total. The molecule has 4 rings (SSSR count). The fraction of sp³-hybridized carbons (Fsp3) is 0.185. The first-order valence-electron chi connectivity index (χ1n) is 10.8. The lowest BCUT2D eigenvalue weighted by molar-refractivity contribution is -0.120. The predicted molar refractivity (Wildman–Crippen MR) is 129 cm³/mol. The van der Waals surface area contributed by atoms with Crippen LogP contribution in [0.3, 0.4) is 0 Å². The van der Waals surface area contributed by atoms with Gasteiger partial charge in [0.2, 0.25) is 0 Å². The van der Waals surface area contributed by atoms with Crippen LogP contribution in [-0.2, 0) is 9.59 Å². The lowest BCUT2D eigenvalue weighted by Crippen LogP contribution is -2.32. The summed E-state index contributed by atoms with van der Waals surface area (Å²) in [7, 11) is 1.58. The third-order valence-electron chi connectivity index (χ3n) is 5.25. The van der Waals surface area contributed by atoms with Gasteiger partial charge in [0, 0.05) is 5.69 Å². The van der Waals surface area contributed by atoms with Gasteiger partial charge >= 0.3 is 0 Å². The average molecular weight is 443 g/mol. The minimum absolute atomic E-state index is 0.0605. The molecule has 6 heteroatoms. The zero-order chi connectivity index (χ0) is 23.5. The van der Waals surface area contributed by atoms with Gasteiger partial charge in [-0.3, -0.25) is 9.59 Å². The highest BCUT2D eigenvalue weighted by atomic mass is 16.5. The Morgan fingerprint density at radius 3 is 1.97 bits per heavy atom. The number of nitrogens with zero attached hydrogens (tertiary/aromatic N) is 1. The van der Waals surface area contributed by atoms with Gasteiger partial charge in [0.1, 0.15) is 17.2 Å². The number of rotatable bonds is 7. The van der Waals surface area contributed by atoms with Crippen LogP contribution in [0.15, 0.2) is 78.5 Å². The van der Waals surface area contributed by atoms with Gasteiger partial charge in [-0.15, -0.1) is 0 Å². The number of methoxy groups -OCH3 is 1. The molecule has 3 aromatic rings. The minimum atomic E-state index is -0.405. The van der Waals surface area contributed by atoms with E-state index in [9.17, 15) is 9.59 Å². The molecule has 1 aliphatic heterocycles. The zero-order valence-electron chi connectivity index (χ0n) is 19.1. The molecule has 0 bridgehead atoms. The maximum Gasteiger partial charge on any atom is 0.282 e. The van der Waals surface area contributed by atoms with E-state index in [1.165, 1.54) is 4.90 Å². The summed E-state index contributed by atoms with van der Waals surface area (Å²) < 4.78 is 10.9. The molecule has 3 aromatic carbocycles. The van der Waals surface area contributed by atoms with Crippen molar-refractivity contribution in [3.8, 4) is 11.5 Å². The lowest BCUT2D eigenvalue weighted by Gasteiger charge is -2.16. The molecular formula is C27H26N2O4. The van der Waals surface area contributed by atoms with Crippen molar-refractivity contribution < 1.29 is 19.1 Å². The number of carbonyl (C=O) groups excluding carboxylic acids is 2. The third kappa shape index (κ3) is 4.60. The van der Waals surface area contributed by atoms with Crippen LogP contribution in [0, 0.1) is 6.92 Å². The minimum Gasteiger partial charge on any atom is -0.497 e. The first kappa shape index (κ1) is 22.1. The quantitative estimate of drug-likeness (QED) is 0.510. The second-order valence-corrected chi connectivity index (χ2v) is 8.08. The highest BCUT2D eigenvalue weighted by molar-refractivity contribution is 6.46. The van der Waals surface area contributed by atoms with Crippen LogP contribution in [0.25, 0.3) is 5.57 Å².